The molecule has 0 saturated carbocycles. The molecule has 9 heteroatoms. The van der Waals surface area contributed by atoms with Crippen molar-refractivity contribution in [3.8, 4) is 0 Å². The summed E-state index contributed by atoms with van der Waals surface area (Å²) in [7, 11) is -3.94. The van der Waals surface area contributed by atoms with Crippen LogP contribution in [0.3, 0.4) is 0 Å². The Kier molecular flexibility index (Phi) is 6.71. The Morgan fingerprint density at radius 3 is 2.56 bits per heavy atom. The molecule has 2 aliphatic heterocycles. The maximum atomic E-state index is 13.1. The lowest BCUT2D eigenvalue weighted by Crippen LogP contribution is -2.49. The van der Waals surface area contributed by atoms with Gasteiger partial charge in [-0.05, 0) is 41.8 Å². The van der Waals surface area contributed by atoms with Gasteiger partial charge in [0.1, 0.15) is 11.9 Å². The second kappa shape index (κ2) is 9.50. The molecule has 0 aliphatic carbocycles. The number of amides is 1. The molecule has 2 aromatic rings. The maximum absolute atomic E-state index is 13.1. The van der Waals surface area contributed by atoms with Gasteiger partial charge in [0.25, 0.3) is 0 Å². The predicted molar refractivity (Wildman–Crippen MR) is 116 cm³/mol. The summed E-state index contributed by atoms with van der Waals surface area (Å²) in [6.07, 6.45) is 2.72. The summed E-state index contributed by atoms with van der Waals surface area (Å²) in [6.45, 7) is 0.757. The van der Waals surface area contributed by atoms with Gasteiger partial charge < -0.3 is 14.7 Å². The minimum atomic E-state index is -3.94. The van der Waals surface area contributed by atoms with Crippen LogP contribution in [-0.2, 0) is 32.5 Å². The highest BCUT2D eigenvalue weighted by Gasteiger charge is 2.32. The Morgan fingerprint density at radius 2 is 1.84 bits per heavy atom. The maximum Gasteiger partial charge on any atom is 0.241 e. The van der Waals surface area contributed by atoms with Gasteiger partial charge in [0.15, 0.2) is 0 Å². The van der Waals surface area contributed by atoms with E-state index in [-0.39, 0.29) is 17.2 Å². The molecule has 1 amide bonds. The fourth-order valence-corrected chi connectivity index (χ4v) is 5.20. The number of nitrogens with one attached hydrogen (secondary N) is 1. The van der Waals surface area contributed by atoms with Crippen molar-refractivity contribution < 1.29 is 27.4 Å². The fourth-order valence-electron chi connectivity index (χ4n) is 3.98. The van der Waals surface area contributed by atoms with E-state index in [1.54, 1.807) is 17.1 Å². The first kappa shape index (κ1) is 22.6. The van der Waals surface area contributed by atoms with E-state index in [1.165, 1.54) is 5.56 Å². The minimum Gasteiger partial charge on any atom is -0.394 e. The number of rotatable bonds is 6. The van der Waals surface area contributed by atoms with Crippen molar-refractivity contribution >= 4 is 15.9 Å². The van der Waals surface area contributed by atoms with Gasteiger partial charge >= 0.3 is 0 Å². The Morgan fingerprint density at radius 1 is 1.12 bits per heavy atom. The molecule has 2 aliphatic rings. The Balaban J connectivity index is 1.39. The average molecular weight is 461 g/mol. The highest BCUT2D eigenvalue weighted by molar-refractivity contribution is 7.89. The standard InChI is InChI=1S/C23H25FN2O5S/c24-18-5-8-20(9-6-18)32(29,30)25-21-10-7-19(31-22(21)15-27)13-23(28)26-12-11-16-3-1-2-4-17(16)14-26/h1-10,19,21-22,25,27H,11-15H2/t19-,21+,22-/m0/s1. The van der Waals surface area contributed by atoms with Crippen molar-refractivity contribution in [1.29, 1.82) is 0 Å². The van der Waals surface area contributed by atoms with Gasteiger partial charge in [0.05, 0.1) is 30.1 Å². The van der Waals surface area contributed by atoms with E-state index < -0.39 is 40.7 Å². The van der Waals surface area contributed by atoms with Crippen molar-refractivity contribution in [3.63, 3.8) is 0 Å². The van der Waals surface area contributed by atoms with Crippen molar-refractivity contribution in [2.24, 2.45) is 0 Å². The van der Waals surface area contributed by atoms with Crippen LogP contribution in [0, 0.1) is 5.82 Å². The number of hydrogen-bond acceptors (Lipinski definition) is 5. The Hall–Kier alpha value is -2.59. The number of carbonyl (C=O) groups is 1. The van der Waals surface area contributed by atoms with Gasteiger partial charge in [-0.1, -0.05) is 36.4 Å². The van der Waals surface area contributed by atoms with Crippen LogP contribution >= 0.6 is 0 Å². The van der Waals surface area contributed by atoms with E-state index in [0.29, 0.717) is 13.1 Å². The lowest BCUT2D eigenvalue weighted by atomic mass is 9.99. The minimum absolute atomic E-state index is 0.0591. The van der Waals surface area contributed by atoms with Crippen LogP contribution in [-0.4, -0.2) is 55.7 Å². The quantitative estimate of drug-likeness (QED) is 0.641. The van der Waals surface area contributed by atoms with Crippen LogP contribution in [0.1, 0.15) is 17.5 Å². The number of sulfonamides is 1. The number of ether oxygens (including phenoxy) is 1. The molecule has 4 rings (SSSR count). The smallest absolute Gasteiger partial charge is 0.241 e. The van der Waals surface area contributed by atoms with E-state index in [2.05, 4.69) is 10.8 Å². The molecular formula is C23H25FN2O5S. The van der Waals surface area contributed by atoms with Crippen LogP contribution < -0.4 is 4.72 Å². The van der Waals surface area contributed by atoms with Crippen LogP contribution in [0.2, 0.25) is 0 Å². The molecule has 170 valence electrons. The highest BCUT2D eigenvalue weighted by atomic mass is 32.2. The summed E-state index contributed by atoms with van der Waals surface area (Å²) in [4.78, 5) is 14.5. The lowest BCUT2D eigenvalue weighted by molar-refractivity contribution is -0.136. The monoisotopic (exact) mass is 460 g/mol. The molecule has 2 N–H and O–H groups in total. The van der Waals surface area contributed by atoms with Crippen LogP contribution in [0.5, 0.6) is 0 Å². The van der Waals surface area contributed by atoms with Crippen molar-refractivity contribution in [2.75, 3.05) is 13.2 Å². The molecular weight excluding hydrogens is 435 g/mol. The Bertz CT molecular complexity index is 1100. The molecule has 32 heavy (non-hydrogen) atoms. The molecule has 0 bridgehead atoms. The summed E-state index contributed by atoms with van der Waals surface area (Å²) in [6, 6.07) is 11.7. The number of nitrogens with zero attached hydrogens (tertiary/aromatic N) is 1. The van der Waals surface area contributed by atoms with Crippen LogP contribution in [0.4, 0.5) is 4.39 Å². The lowest BCUT2D eigenvalue weighted by Gasteiger charge is -2.33. The summed E-state index contributed by atoms with van der Waals surface area (Å²) in [5, 5.41) is 9.74. The molecule has 3 atom stereocenters. The number of halogens is 1. The third kappa shape index (κ3) is 5.07. The van der Waals surface area contributed by atoms with Gasteiger partial charge in [-0.3, -0.25) is 4.79 Å². The first-order chi connectivity index (χ1) is 15.4. The molecule has 7 nitrogen and oxygen atoms in total. The molecule has 0 saturated heterocycles. The second-order valence-electron chi connectivity index (χ2n) is 7.92. The van der Waals surface area contributed by atoms with E-state index in [0.717, 1.165) is 36.2 Å². The zero-order valence-electron chi connectivity index (χ0n) is 17.4. The molecule has 0 aromatic heterocycles. The Labute approximate surface area is 186 Å². The first-order valence-electron chi connectivity index (χ1n) is 10.4. The average Bonchev–Trinajstić information content (AvgIpc) is 2.79. The predicted octanol–water partition coefficient (Wildman–Crippen LogP) is 1.76. The second-order valence-corrected chi connectivity index (χ2v) is 9.63. The summed E-state index contributed by atoms with van der Waals surface area (Å²) in [5.41, 5.74) is 2.39. The number of aliphatic hydroxyl groups is 1. The summed E-state index contributed by atoms with van der Waals surface area (Å²) >= 11 is 0. The molecule has 0 fully saturated rings. The SMILES string of the molecule is O=C(C[C@@H]1C=C[C@@H](NS(=O)(=O)c2ccc(F)cc2)[C@H](CO)O1)N1CCc2ccccc2C1. The van der Waals surface area contributed by atoms with E-state index in [9.17, 15) is 22.7 Å². The number of aliphatic hydroxyl groups excluding tert-OH is 1. The summed E-state index contributed by atoms with van der Waals surface area (Å²) < 4.78 is 46.5. The highest BCUT2D eigenvalue weighted by Crippen LogP contribution is 2.22. The number of hydrogen-bond donors (Lipinski definition) is 2. The fraction of sp³-hybridized carbons (Fsp3) is 0.348. The van der Waals surface area contributed by atoms with Gasteiger partial charge in [-0.15, -0.1) is 0 Å². The first-order valence-corrected chi connectivity index (χ1v) is 11.9. The molecule has 0 spiro atoms. The van der Waals surface area contributed by atoms with Crippen LogP contribution in [0.25, 0.3) is 0 Å². The topological polar surface area (TPSA) is 95.9 Å². The van der Waals surface area contributed by atoms with E-state index in [1.807, 2.05) is 18.2 Å². The third-order valence-corrected chi connectivity index (χ3v) is 7.21. The van der Waals surface area contributed by atoms with E-state index >= 15 is 0 Å². The zero-order valence-corrected chi connectivity index (χ0v) is 18.2. The number of carbonyl (C=O) groups excluding carboxylic acids is 1. The van der Waals surface area contributed by atoms with Crippen LogP contribution in [0.15, 0.2) is 65.6 Å². The number of fused-ring (bicyclic) bond motifs is 1. The number of benzene rings is 2. The van der Waals surface area contributed by atoms with Crippen molar-refractivity contribution in [2.45, 2.75) is 42.5 Å². The van der Waals surface area contributed by atoms with Gasteiger partial charge in [0, 0.05) is 13.1 Å². The van der Waals surface area contributed by atoms with Crippen molar-refractivity contribution in [3.05, 3.63) is 77.6 Å². The zero-order chi connectivity index (χ0) is 22.7. The van der Waals surface area contributed by atoms with Crippen molar-refractivity contribution in [1.82, 2.24) is 9.62 Å². The normalized spacial score (nSPS) is 23.1. The van der Waals surface area contributed by atoms with E-state index in [4.69, 9.17) is 4.74 Å². The van der Waals surface area contributed by atoms with Gasteiger partial charge in [0.2, 0.25) is 15.9 Å². The summed E-state index contributed by atoms with van der Waals surface area (Å²) in [5.74, 6) is -0.598. The third-order valence-electron chi connectivity index (χ3n) is 5.74. The molecule has 0 unspecified atom stereocenters. The van der Waals surface area contributed by atoms with Gasteiger partial charge in [-0.25, -0.2) is 17.5 Å². The largest absolute Gasteiger partial charge is 0.394 e. The molecule has 0 radical (unpaired) electrons. The molecule has 2 aromatic carbocycles. The molecule has 2 heterocycles. The van der Waals surface area contributed by atoms with Gasteiger partial charge in [-0.2, -0.15) is 0 Å².